The summed E-state index contributed by atoms with van der Waals surface area (Å²) >= 11 is 3.60. The summed E-state index contributed by atoms with van der Waals surface area (Å²) < 4.78 is 6.55. The van der Waals surface area contributed by atoms with Gasteiger partial charge in [0.05, 0.1) is 7.11 Å². The molecular weight excluding hydrogens is 276 g/mol. The van der Waals surface area contributed by atoms with Gasteiger partial charge in [0.2, 0.25) is 0 Å². The lowest BCUT2D eigenvalue weighted by atomic mass is 9.92. The van der Waals surface area contributed by atoms with E-state index in [4.69, 9.17) is 4.74 Å². The van der Waals surface area contributed by atoms with Crippen LogP contribution in [0.3, 0.4) is 0 Å². The molecule has 0 aliphatic carbocycles. The van der Waals surface area contributed by atoms with E-state index in [1.165, 1.54) is 11.1 Å². The summed E-state index contributed by atoms with van der Waals surface area (Å²) in [5.74, 6) is 1.25. The lowest BCUT2D eigenvalue weighted by Gasteiger charge is -2.17. The summed E-state index contributed by atoms with van der Waals surface area (Å²) in [6, 6.07) is 16.5. The van der Waals surface area contributed by atoms with Crippen molar-refractivity contribution in [3.8, 4) is 5.75 Å². The van der Waals surface area contributed by atoms with Gasteiger partial charge < -0.3 is 4.74 Å². The predicted octanol–water partition coefficient (Wildman–Crippen LogP) is 4.61. The van der Waals surface area contributed by atoms with E-state index in [1.54, 1.807) is 7.11 Å². The van der Waals surface area contributed by atoms with Crippen molar-refractivity contribution in [2.45, 2.75) is 12.8 Å². The molecule has 2 rings (SSSR count). The lowest BCUT2D eigenvalue weighted by Crippen LogP contribution is -2.00. The van der Waals surface area contributed by atoms with E-state index < -0.39 is 0 Å². The van der Waals surface area contributed by atoms with E-state index in [0.717, 1.165) is 10.2 Å². The van der Waals surface area contributed by atoms with Crippen molar-refractivity contribution < 1.29 is 4.74 Å². The maximum atomic E-state index is 5.41. The Labute approximate surface area is 111 Å². The van der Waals surface area contributed by atoms with Gasteiger partial charge in [0, 0.05) is 16.0 Å². The van der Waals surface area contributed by atoms with E-state index in [0.29, 0.717) is 5.92 Å². The summed E-state index contributed by atoms with van der Waals surface area (Å²) in [6.07, 6.45) is 0. The van der Waals surface area contributed by atoms with Crippen LogP contribution in [-0.4, -0.2) is 7.11 Å². The summed E-state index contributed by atoms with van der Waals surface area (Å²) in [4.78, 5) is 0. The van der Waals surface area contributed by atoms with Crippen molar-refractivity contribution in [1.29, 1.82) is 0 Å². The second-order valence-corrected chi connectivity index (χ2v) is 4.84. The van der Waals surface area contributed by atoms with Crippen molar-refractivity contribution in [2.75, 3.05) is 7.11 Å². The normalized spacial score (nSPS) is 12.2. The Bertz CT molecular complexity index is 508. The molecule has 0 amide bonds. The van der Waals surface area contributed by atoms with Gasteiger partial charge >= 0.3 is 0 Å². The van der Waals surface area contributed by atoms with Crippen LogP contribution in [0.15, 0.2) is 53.0 Å². The molecule has 0 spiro atoms. The Morgan fingerprint density at radius 2 is 1.53 bits per heavy atom. The van der Waals surface area contributed by atoms with Crippen LogP contribution in [-0.2, 0) is 0 Å². The van der Waals surface area contributed by atoms with Crippen molar-refractivity contribution in [3.05, 3.63) is 64.1 Å². The maximum absolute atomic E-state index is 5.41. The summed E-state index contributed by atoms with van der Waals surface area (Å²) in [5.41, 5.74) is 2.49. The fourth-order valence-electron chi connectivity index (χ4n) is 2.02. The van der Waals surface area contributed by atoms with E-state index in [2.05, 4.69) is 47.1 Å². The molecule has 0 aliphatic rings. The van der Waals surface area contributed by atoms with Crippen LogP contribution in [0.2, 0.25) is 0 Å². The Morgan fingerprint density at radius 3 is 2.18 bits per heavy atom. The first kappa shape index (κ1) is 12.2. The standard InChI is InChI=1S/C15H15BrO/c1-11(12-7-3-5-9-14(12)16)13-8-4-6-10-15(13)17-2/h3-11H,1-2H3/t11-/m1/s1. The predicted molar refractivity (Wildman–Crippen MR) is 74.7 cm³/mol. The molecule has 0 saturated heterocycles. The van der Waals surface area contributed by atoms with Crippen molar-refractivity contribution in [1.82, 2.24) is 0 Å². The Kier molecular flexibility index (Phi) is 3.85. The quantitative estimate of drug-likeness (QED) is 0.802. The summed E-state index contributed by atoms with van der Waals surface area (Å²) in [7, 11) is 1.71. The number of ether oxygens (including phenoxy) is 1. The third-order valence-corrected chi connectivity index (χ3v) is 3.70. The van der Waals surface area contributed by atoms with Crippen LogP contribution in [0.1, 0.15) is 24.0 Å². The fraction of sp³-hybridized carbons (Fsp3) is 0.200. The van der Waals surface area contributed by atoms with Crippen LogP contribution in [0.25, 0.3) is 0 Å². The number of rotatable bonds is 3. The largest absolute Gasteiger partial charge is 0.496 e. The minimum Gasteiger partial charge on any atom is -0.496 e. The zero-order valence-electron chi connectivity index (χ0n) is 9.98. The van der Waals surface area contributed by atoms with Gasteiger partial charge in [0.15, 0.2) is 0 Å². The number of hydrogen-bond donors (Lipinski definition) is 0. The van der Waals surface area contributed by atoms with E-state index in [-0.39, 0.29) is 0 Å². The van der Waals surface area contributed by atoms with Crippen molar-refractivity contribution in [3.63, 3.8) is 0 Å². The molecule has 0 fully saturated rings. The number of hydrogen-bond acceptors (Lipinski definition) is 1. The minimum absolute atomic E-state index is 0.307. The second-order valence-electron chi connectivity index (χ2n) is 3.99. The first-order valence-corrected chi connectivity index (χ1v) is 6.40. The molecule has 0 aromatic heterocycles. The highest BCUT2D eigenvalue weighted by molar-refractivity contribution is 9.10. The zero-order chi connectivity index (χ0) is 12.3. The highest BCUT2D eigenvalue weighted by Crippen LogP contribution is 2.34. The third-order valence-electron chi connectivity index (χ3n) is 2.98. The Morgan fingerprint density at radius 1 is 0.941 bits per heavy atom. The number of methoxy groups -OCH3 is 1. The number of benzene rings is 2. The van der Waals surface area contributed by atoms with Gasteiger partial charge in [-0.25, -0.2) is 0 Å². The lowest BCUT2D eigenvalue weighted by molar-refractivity contribution is 0.408. The SMILES string of the molecule is COc1ccccc1[C@H](C)c1ccccc1Br. The monoisotopic (exact) mass is 290 g/mol. The molecule has 2 aromatic carbocycles. The van der Waals surface area contributed by atoms with Gasteiger partial charge in [0.1, 0.15) is 5.75 Å². The Hall–Kier alpha value is -1.28. The fourth-order valence-corrected chi connectivity index (χ4v) is 2.65. The van der Waals surface area contributed by atoms with Gasteiger partial charge in [-0.1, -0.05) is 59.3 Å². The number of para-hydroxylation sites is 1. The molecule has 0 aliphatic heterocycles. The number of halogens is 1. The first-order valence-electron chi connectivity index (χ1n) is 5.61. The maximum Gasteiger partial charge on any atom is 0.122 e. The highest BCUT2D eigenvalue weighted by atomic mass is 79.9. The van der Waals surface area contributed by atoms with Gasteiger partial charge in [-0.15, -0.1) is 0 Å². The van der Waals surface area contributed by atoms with Crippen molar-refractivity contribution in [2.24, 2.45) is 0 Å². The molecule has 0 radical (unpaired) electrons. The summed E-state index contributed by atoms with van der Waals surface area (Å²) in [6.45, 7) is 2.19. The van der Waals surface area contributed by atoms with Gasteiger partial charge in [-0.05, 0) is 17.7 Å². The van der Waals surface area contributed by atoms with Crippen LogP contribution in [0, 0.1) is 0 Å². The minimum atomic E-state index is 0.307. The topological polar surface area (TPSA) is 9.23 Å². The second kappa shape index (κ2) is 5.37. The Balaban J connectivity index is 2.44. The molecule has 88 valence electrons. The molecule has 0 N–H and O–H groups in total. The molecule has 0 bridgehead atoms. The zero-order valence-corrected chi connectivity index (χ0v) is 11.6. The first-order chi connectivity index (χ1) is 8.24. The molecule has 0 unspecified atom stereocenters. The van der Waals surface area contributed by atoms with Crippen LogP contribution >= 0.6 is 15.9 Å². The average Bonchev–Trinajstić information content (AvgIpc) is 2.38. The van der Waals surface area contributed by atoms with Crippen molar-refractivity contribution >= 4 is 15.9 Å². The molecule has 0 heterocycles. The third kappa shape index (κ3) is 2.52. The summed E-state index contributed by atoms with van der Waals surface area (Å²) in [5, 5.41) is 0. The van der Waals surface area contributed by atoms with Crippen LogP contribution < -0.4 is 4.74 Å². The van der Waals surface area contributed by atoms with Crippen LogP contribution in [0.5, 0.6) is 5.75 Å². The molecule has 2 aromatic rings. The van der Waals surface area contributed by atoms with Gasteiger partial charge in [-0.2, -0.15) is 0 Å². The van der Waals surface area contributed by atoms with Gasteiger partial charge in [0.25, 0.3) is 0 Å². The average molecular weight is 291 g/mol. The molecule has 17 heavy (non-hydrogen) atoms. The molecule has 2 heteroatoms. The smallest absolute Gasteiger partial charge is 0.122 e. The van der Waals surface area contributed by atoms with E-state index >= 15 is 0 Å². The van der Waals surface area contributed by atoms with Crippen LogP contribution in [0.4, 0.5) is 0 Å². The molecule has 0 saturated carbocycles. The van der Waals surface area contributed by atoms with E-state index in [1.807, 2.05) is 24.3 Å². The molecule has 1 nitrogen and oxygen atoms in total. The highest BCUT2D eigenvalue weighted by Gasteiger charge is 2.14. The van der Waals surface area contributed by atoms with E-state index in [9.17, 15) is 0 Å². The molecular formula is C15H15BrO. The molecule has 1 atom stereocenters. The van der Waals surface area contributed by atoms with Gasteiger partial charge in [-0.3, -0.25) is 0 Å².